The number of nitrogens with zero attached hydrogens (tertiary/aromatic N) is 2. The Bertz CT molecular complexity index is 3550. The van der Waals surface area contributed by atoms with E-state index in [9.17, 15) is 0 Å². The van der Waals surface area contributed by atoms with E-state index in [4.69, 9.17) is 9.97 Å². The molecule has 1 aliphatic rings. The number of rotatable bonds is 7. The maximum absolute atomic E-state index is 5.27. The topological polar surface area (TPSA) is 25.8 Å². The van der Waals surface area contributed by atoms with Crippen LogP contribution in [0.25, 0.3) is 100.0 Å². The SMILES string of the molecule is CC1(c2ccccc2)c2ccccc2-c2ccc(-c3cccc(-c4ccc(-c5cc(-c6ccc(-c7cccc8ccccc78)cc6)nc(-c6ccccc6)n5)c5ccccc45)c3)cc21. The third kappa shape index (κ3) is 6.26. The Labute approximate surface area is 373 Å². The van der Waals surface area contributed by atoms with Gasteiger partial charge in [0, 0.05) is 22.1 Å². The Morgan fingerprint density at radius 3 is 1.64 bits per heavy atom. The van der Waals surface area contributed by atoms with Gasteiger partial charge < -0.3 is 0 Å². The van der Waals surface area contributed by atoms with Crippen molar-refractivity contribution in [1.82, 2.24) is 9.97 Å². The van der Waals surface area contributed by atoms with Crippen LogP contribution in [0.15, 0.2) is 237 Å². The van der Waals surface area contributed by atoms with Crippen LogP contribution in [-0.2, 0) is 5.41 Å². The maximum atomic E-state index is 5.27. The highest BCUT2D eigenvalue weighted by molar-refractivity contribution is 6.05. The zero-order valence-electron chi connectivity index (χ0n) is 35.4. The lowest BCUT2D eigenvalue weighted by molar-refractivity contribution is 0.714. The normalized spacial score (nSPS) is 14.1. The second kappa shape index (κ2) is 15.3. The van der Waals surface area contributed by atoms with E-state index >= 15 is 0 Å². The number of hydrogen-bond acceptors (Lipinski definition) is 2. The molecule has 11 aromatic rings. The van der Waals surface area contributed by atoms with Crippen molar-refractivity contribution in [2.45, 2.75) is 12.3 Å². The molecule has 0 spiro atoms. The third-order valence-corrected chi connectivity index (χ3v) is 13.4. The summed E-state index contributed by atoms with van der Waals surface area (Å²) in [5.74, 6) is 0.702. The van der Waals surface area contributed by atoms with Crippen molar-refractivity contribution in [3.8, 4) is 78.4 Å². The minimum Gasteiger partial charge on any atom is -0.228 e. The van der Waals surface area contributed by atoms with Gasteiger partial charge in [0.2, 0.25) is 0 Å². The lowest BCUT2D eigenvalue weighted by atomic mass is 9.74. The number of benzene rings is 10. The fourth-order valence-electron chi connectivity index (χ4n) is 10.1. The first kappa shape index (κ1) is 37.6. The second-order valence-corrected chi connectivity index (χ2v) is 17.0. The predicted octanol–water partition coefficient (Wildman–Crippen LogP) is 16.1. The minimum absolute atomic E-state index is 0.255. The van der Waals surface area contributed by atoms with E-state index in [-0.39, 0.29) is 5.41 Å². The molecule has 2 nitrogen and oxygen atoms in total. The second-order valence-electron chi connectivity index (χ2n) is 17.0. The van der Waals surface area contributed by atoms with Gasteiger partial charge in [-0.15, -0.1) is 0 Å². The van der Waals surface area contributed by atoms with E-state index in [2.05, 4.69) is 225 Å². The Morgan fingerprint density at radius 2 is 0.812 bits per heavy atom. The summed E-state index contributed by atoms with van der Waals surface area (Å²) in [6.07, 6.45) is 0. The molecule has 0 fully saturated rings. The molecule has 0 saturated carbocycles. The van der Waals surface area contributed by atoms with E-state index in [0.717, 1.165) is 33.5 Å². The smallest absolute Gasteiger partial charge is 0.160 e. The lowest BCUT2D eigenvalue weighted by Gasteiger charge is -2.28. The highest BCUT2D eigenvalue weighted by Crippen LogP contribution is 2.53. The molecular formula is C62H42N2. The molecule has 0 amide bonds. The van der Waals surface area contributed by atoms with E-state index in [1.807, 2.05) is 18.2 Å². The average Bonchev–Trinajstić information content (AvgIpc) is 3.64. The van der Waals surface area contributed by atoms with Crippen molar-refractivity contribution in [2.75, 3.05) is 0 Å². The Kier molecular flexibility index (Phi) is 8.98. The van der Waals surface area contributed by atoms with Crippen LogP contribution in [0, 0.1) is 0 Å². The molecule has 0 N–H and O–H groups in total. The number of aromatic nitrogens is 2. The highest BCUT2D eigenvalue weighted by atomic mass is 14.9. The van der Waals surface area contributed by atoms with Gasteiger partial charge in [0.25, 0.3) is 0 Å². The van der Waals surface area contributed by atoms with Crippen LogP contribution < -0.4 is 0 Å². The molecule has 0 bridgehead atoms. The summed E-state index contributed by atoms with van der Waals surface area (Å²) in [6.45, 7) is 2.38. The van der Waals surface area contributed by atoms with E-state index in [1.54, 1.807) is 0 Å². The zero-order chi connectivity index (χ0) is 42.6. The quantitative estimate of drug-likeness (QED) is 0.160. The molecule has 0 saturated heterocycles. The van der Waals surface area contributed by atoms with Crippen LogP contribution in [0.1, 0.15) is 23.6 Å². The first-order valence-electron chi connectivity index (χ1n) is 22.1. The molecular weight excluding hydrogens is 773 g/mol. The largest absolute Gasteiger partial charge is 0.228 e. The molecule has 1 aromatic heterocycles. The summed E-state index contributed by atoms with van der Waals surface area (Å²) in [5.41, 5.74) is 18.4. The van der Waals surface area contributed by atoms with Crippen LogP contribution in [0.4, 0.5) is 0 Å². The fourth-order valence-corrected chi connectivity index (χ4v) is 10.1. The molecule has 12 rings (SSSR count). The first-order valence-corrected chi connectivity index (χ1v) is 22.1. The maximum Gasteiger partial charge on any atom is 0.160 e. The van der Waals surface area contributed by atoms with Gasteiger partial charge in [0.05, 0.1) is 11.4 Å². The molecule has 0 radical (unpaired) electrons. The van der Waals surface area contributed by atoms with E-state index in [0.29, 0.717) is 5.82 Å². The van der Waals surface area contributed by atoms with Crippen molar-refractivity contribution in [3.63, 3.8) is 0 Å². The minimum atomic E-state index is -0.255. The Balaban J connectivity index is 0.943. The molecule has 2 heteroatoms. The summed E-state index contributed by atoms with van der Waals surface area (Å²) in [5, 5.41) is 4.81. The Hall–Kier alpha value is -8.20. The molecule has 1 heterocycles. The van der Waals surface area contributed by atoms with Crippen molar-refractivity contribution >= 4 is 21.5 Å². The number of fused-ring (bicyclic) bond motifs is 5. The van der Waals surface area contributed by atoms with Crippen molar-refractivity contribution in [3.05, 3.63) is 253 Å². The van der Waals surface area contributed by atoms with Crippen molar-refractivity contribution in [1.29, 1.82) is 0 Å². The van der Waals surface area contributed by atoms with Crippen LogP contribution in [0.2, 0.25) is 0 Å². The van der Waals surface area contributed by atoms with Crippen LogP contribution in [0.3, 0.4) is 0 Å². The number of hydrogen-bond donors (Lipinski definition) is 0. The summed E-state index contributed by atoms with van der Waals surface area (Å²) in [6, 6.07) is 85.5. The first-order chi connectivity index (χ1) is 31.6. The summed E-state index contributed by atoms with van der Waals surface area (Å²) >= 11 is 0. The van der Waals surface area contributed by atoms with E-state index in [1.165, 1.54) is 77.4 Å². The molecule has 1 unspecified atom stereocenters. The van der Waals surface area contributed by atoms with Gasteiger partial charge in [-0.25, -0.2) is 9.97 Å². The lowest BCUT2D eigenvalue weighted by Crippen LogP contribution is -2.22. The molecule has 1 aliphatic carbocycles. The monoisotopic (exact) mass is 814 g/mol. The van der Waals surface area contributed by atoms with Gasteiger partial charge in [0.15, 0.2) is 5.82 Å². The van der Waals surface area contributed by atoms with Gasteiger partial charge in [-0.2, -0.15) is 0 Å². The van der Waals surface area contributed by atoms with Gasteiger partial charge in [-0.3, -0.25) is 0 Å². The molecule has 0 aliphatic heterocycles. The highest BCUT2D eigenvalue weighted by Gasteiger charge is 2.40. The standard InChI is InChI=1S/C62H42N2/c1-62(48-22-6-3-7-23-48)57-29-13-12-27-54(57)55-35-34-46(39-58(55)62)45-20-14-21-47(38-45)51-36-37-56(53-26-11-10-25-52(51)53)60-40-59(63-61(64-60)44-17-4-2-5-18-44)43-32-30-42(31-33-43)50-28-15-19-41-16-8-9-24-49(41)50/h2-40H,1H3. The third-order valence-electron chi connectivity index (χ3n) is 13.4. The van der Waals surface area contributed by atoms with Gasteiger partial charge in [-0.1, -0.05) is 218 Å². The van der Waals surface area contributed by atoms with Crippen molar-refractivity contribution < 1.29 is 0 Å². The van der Waals surface area contributed by atoms with Crippen LogP contribution in [0.5, 0.6) is 0 Å². The van der Waals surface area contributed by atoms with Crippen LogP contribution in [-0.4, -0.2) is 9.97 Å². The molecule has 300 valence electrons. The van der Waals surface area contributed by atoms with Gasteiger partial charge >= 0.3 is 0 Å². The summed E-state index contributed by atoms with van der Waals surface area (Å²) in [4.78, 5) is 10.5. The van der Waals surface area contributed by atoms with E-state index < -0.39 is 0 Å². The zero-order valence-corrected chi connectivity index (χ0v) is 35.4. The average molecular weight is 815 g/mol. The van der Waals surface area contributed by atoms with Crippen molar-refractivity contribution in [2.24, 2.45) is 0 Å². The predicted molar refractivity (Wildman–Crippen MR) is 267 cm³/mol. The van der Waals surface area contributed by atoms with Gasteiger partial charge in [0.1, 0.15) is 0 Å². The summed E-state index contributed by atoms with van der Waals surface area (Å²) in [7, 11) is 0. The van der Waals surface area contributed by atoms with Gasteiger partial charge in [-0.05, 0) is 108 Å². The molecule has 10 aromatic carbocycles. The fraction of sp³-hybridized carbons (Fsp3) is 0.0323. The van der Waals surface area contributed by atoms with Crippen LogP contribution >= 0.6 is 0 Å². The summed E-state index contributed by atoms with van der Waals surface area (Å²) < 4.78 is 0. The molecule has 64 heavy (non-hydrogen) atoms. The molecule has 1 atom stereocenters. The Morgan fingerprint density at radius 1 is 0.297 bits per heavy atom.